The highest BCUT2D eigenvalue weighted by atomic mass is 14.9. The first-order valence-electron chi connectivity index (χ1n) is 2.44. The SMILES string of the molecule is C1[N]CC2C[C]12. The molecule has 0 N–H and O–H groups in total. The van der Waals surface area contributed by atoms with Gasteiger partial charge in [-0.1, -0.05) is 0 Å². The Morgan fingerprint density at radius 2 is 2.67 bits per heavy atom. The molecule has 1 aliphatic heterocycles. The van der Waals surface area contributed by atoms with Crippen molar-refractivity contribution in [3.63, 3.8) is 0 Å². The average molecular weight is 81.1 g/mol. The first-order valence-corrected chi connectivity index (χ1v) is 2.44. The van der Waals surface area contributed by atoms with E-state index in [2.05, 4.69) is 5.32 Å². The molecule has 0 aromatic rings. The molecule has 0 bridgehead atoms. The van der Waals surface area contributed by atoms with Crippen molar-refractivity contribution >= 4 is 0 Å². The second-order valence-electron chi connectivity index (χ2n) is 2.12. The van der Waals surface area contributed by atoms with Gasteiger partial charge in [0.15, 0.2) is 0 Å². The van der Waals surface area contributed by atoms with Crippen molar-refractivity contribution in [3.05, 3.63) is 5.92 Å². The van der Waals surface area contributed by atoms with Crippen molar-refractivity contribution in [3.8, 4) is 0 Å². The van der Waals surface area contributed by atoms with Gasteiger partial charge >= 0.3 is 0 Å². The highest BCUT2D eigenvalue weighted by Gasteiger charge is 2.42. The lowest BCUT2D eigenvalue weighted by atomic mass is 10.4. The minimum Gasteiger partial charge on any atom is -0.241 e. The minimum absolute atomic E-state index is 0.963. The molecule has 0 aromatic carbocycles. The van der Waals surface area contributed by atoms with E-state index in [0.717, 1.165) is 19.0 Å². The molecule has 0 spiro atoms. The van der Waals surface area contributed by atoms with Crippen LogP contribution in [0.15, 0.2) is 0 Å². The molecule has 1 heterocycles. The van der Waals surface area contributed by atoms with Crippen molar-refractivity contribution in [1.82, 2.24) is 5.32 Å². The Morgan fingerprint density at radius 3 is 2.83 bits per heavy atom. The summed E-state index contributed by atoms with van der Waals surface area (Å²) >= 11 is 0. The van der Waals surface area contributed by atoms with Crippen LogP contribution >= 0.6 is 0 Å². The van der Waals surface area contributed by atoms with E-state index in [0.29, 0.717) is 0 Å². The van der Waals surface area contributed by atoms with Crippen LogP contribution in [0.25, 0.3) is 0 Å². The first kappa shape index (κ1) is 3.03. The minimum atomic E-state index is 0.963. The number of piperidine rings is 1. The summed E-state index contributed by atoms with van der Waals surface area (Å²) in [6, 6.07) is 0. The van der Waals surface area contributed by atoms with E-state index in [1.54, 1.807) is 5.92 Å². The third-order valence-electron chi connectivity index (χ3n) is 1.59. The maximum Gasteiger partial charge on any atom is 0.0199 e. The fraction of sp³-hybridized carbons (Fsp3) is 0.800. The zero-order valence-electron chi connectivity index (χ0n) is 3.65. The molecule has 2 rings (SSSR count). The van der Waals surface area contributed by atoms with Crippen molar-refractivity contribution in [2.45, 2.75) is 6.42 Å². The number of rotatable bonds is 0. The molecule has 1 atom stereocenters. The predicted octanol–water partition coefficient (Wildman–Crippen LogP) is 0.199. The zero-order valence-corrected chi connectivity index (χ0v) is 3.65. The Bertz CT molecular complexity index is 62.3. The van der Waals surface area contributed by atoms with E-state index < -0.39 is 0 Å². The molecule has 32 valence electrons. The molecule has 1 aliphatic carbocycles. The van der Waals surface area contributed by atoms with Crippen molar-refractivity contribution in [1.29, 1.82) is 0 Å². The van der Waals surface area contributed by atoms with Gasteiger partial charge < -0.3 is 0 Å². The van der Waals surface area contributed by atoms with Gasteiger partial charge in [0.2, 0.25) is 0 Å². The number of fused-ring (bicyclic) bond motifs is 1. The van der Waals surface area contributed by atoms with Crippen molar-refractivity contribution in [2.75, 3.05) is 13.1 Å². The first-order chi connectivity index (χ1) is 2.97. The molecule has 6 heavy (non-hydrogen) atoms. The van der Waals surface area contributed by atoms with Crippen LogP contribution in [0, 0.1) is 11.8 Å². The molecule has 0 aromatic heterocycles. The Kier molecular flexibility index (Phi) is 0.396. The van der Waals surface area contributed by atoms with Gasteiger partial charge in [-0.25, -0.2) is 5.32 Å². The van der Waals surface area contributed by atoms with Crippen LogP contribution in [0.5, 0.6) is 0 Å². The van der Waals surface area contributed by atoms with Gasteiger partial charge in [0.1, 0.15) is 0 Å². The van der Waals surface area contributed by atoms with Gasteiger partial charge in [-0.3, -0.25) is 0 Å². The summed E-state index contributed by atoms with van der Waals surface area (Å²) in [4.78, 5) is 0. The second-order valence-corrected chi connectivity index (χ2v) is 2.12. The van der Waals surface area contributed by atoms with Crippen LogP contribution in [-0.2, 0) is 0 Å². The highest BCUT2D eigenvalue weighted by Crippen LogP contribution is 2.43. The van der Waals surface area contributed by atoms with Crippen LogP contribution in [0.1, 0.15) is 6.42 Å². The van der Waals surface area contributed by atoms with Gasteiger partial charge in [-0.2, -0.15) is 0 Å². The molecular formula is C5H7N. The summed E-state index contributed by atoms with van der Waals surface area (Å²) in [5.74, 6) is 2.67. The number of hydrogen-bond donors (Lipinski definition) is 0. The molecule has 2 radical (unpaired) electrons. The monoisotopic (exact) mass is 81.1 g/mol. The van der Waals surface area contributed by atoms with Gasteiger partial charge in [-0.15, -0.1) is 0 Å². The van der Waals surface area contributed by atoms with Gasteiger partial charge in [0, 0.05) is 13.1 Å². The molecule has 1 heteroatoms. The van der Waals surface area contributed by atoms with Crippen molar-refractivity contribution < 1.29 is 0 Å². The van der Waals surface area contributed by atoms with E-state index in [1.165, 1.54) is 6.42 Å². The molecule has 1 nitrogen and oxygen atoms in total. The van der Waals surface area contributed by atoms with Crippen LogP contribution in [0.3, 0.4) is 0 Å². The van der Waals surface area contributed by atoms with Gasteiger partial charge in [-0.05, 0) is 18.3 Å². The van der Waals surface area contributed by atoms with E-state index in [1.807, 2.05) is 0 Å². The van der Waals surface area contributed by atoms with E-state index in [-0.39, 0.29) is 0 Å². The Hall–Kier alpha value is -0.0400. The molecule has 0 amide bonds. The molecule has 2 aliphatic rings. The van der Waals surface area contributed by atoms with Crippen LogP contribution in [0.2, 0.25) is 0 Å². The summed E-state index contributed by atoms with van der Waals surface area (Å²) < 4.78 is 0. The van der Waals surface area contributed by atoms with Crippen LogP contribution in [0.4, 0.5) is 0 Å². The summed E-state index contributed by atoms with van der Waals surface area (Å²) in [7, 11) is 0. The second kappa shape index (κ2) is 0.784. The largest absolute Gasteiger partial charge is 0.241 e. The maximum atomic E-state index is 4.18. The van der Waals surface area contributed by atoms with Crippen LogP contribution < -0.4 is 5.32 Å². The summed E-state index contributed by atoms with van der Waals surface area (Å²) in [6.07, 6.45) is 1.41. The summed E-state index contributed by atoms with van der Waals surface area (Å²) in [6.45, 7) is 2.25. The fourth-order valence-corrected chi connectivity index (χ4v) is 1.01. The lowest BCUT2D eigenvalue weighted by Gasteiger charge is -1.83. The van der Waals surface area contributed by atoms with Gasteiger partial charge in [0.05, 0.1) is 0 Å². The lowest BCUT2D eigenvalue weighted by Crippen LogP contribution is -2.00. The smallest absolute Gasteiger partial charge is 0.0199 e. The van der Waals surface area contributed by atoms with Gasteiger partial charge in [0.25, 0.3) is 0 Å². The molecular weight excluding hydrogens is 74.1 g/mol. The molecule has 1 unspecified atom stereocenters. The fourth-order valence-electron chi connectivity index (χ4n) is 1.01. The Morgan fingerprint density at radius 1 is 1.67 bits per heavy atom. The standard InChI is InChI=1S/C5H7N/c1-4-2-6-3-5(1)4/h4H,1-3H2. The van der Waals surface area contributed by atoms with Crippen molar-refractivity contribution in [2.24, 2.45) is 5.92 Å². The number of hydrogen-bond acceptors (Lipinski definition) is 0. The summed E-state index contributed by atoms with van der Waals surface area (Å²) in [5.41, 5.74) is 0. The topological polar surface area (TPSA) is 14.1 Å². The third-order valence-corrected chi connectivity index (χ3v) is 1.59. The molecule has 1 saturated heterocycles. The molecule has 2 fully saturated rings. The third kappa shape index (κ3) is 0.243. The highest BCUT2D eigenvalue weighted by molar-refractivity contribution is 5.20. The van der Waals surface area contributed by atoms with E-state index in [9.17, 15) is 0 Å². The average Bonchev–Trinajstić information content (AvgIpc) is 2.17. The summed E-state index contributed by atoms with van der Waals surface area (Å²) in [5, 5.41) is 4.18. The predicted molar refractivity (Wildman–Crippen MR) is 23.2 cm³/mol. The normalized spacial score (nSPS) is 43.0. The van der Waals surface area contributed by atoms with E-state index >= 15 is 0 Å². The molecule has 1 saturated carbocycles. The number of nitrogens with zero attached hydrogens (tertiary/aromatic N) is 1. The Balaban J connectivity index is 2.09. The lowest BCUT2D eigenvalue weighted by molar-refractivity contribution is 0.736. The van der Waals surface area contributed by atoms with E-state index in [4.69, 9.17) is 0 Å². The zero-order chi connectivity index (χ0) is 3.98. The quantitative estimate of drug-likeness (QED) is 0.395. The maximum absolute atomic E-state index is 4.18. The van der Waals surface area contributed by atoms with Crippen LogP contribution in [-0.4, -0.2) is 13.1 Å². The Labute approximate surface area is 37.7 Å².